The maximum absolute atomic E-state index is 12.6. The lowest BCUT2D eigenvalue weighted by molar-refractivity contribution is 0.118. The van der Waals surface area contributed by atoms with E-state index in [1.807, 2.05) is 20.8 Å². The SMILES string of the molecule is CC(C)NC(=O)N1CCC[C@H]1C1CCN(C)CC1.CCNC(=O)N1CCCC1C1CCN(C)CC1.CN1CCC([C@@H]2CCCN2C(=O)NC2(C)CCC2)CC1.CN1CCC([C@@H]2CCCN2C(=O)NC2CC2)CC1.CN1CCC([C@@H]2CCCN2C(=O)NC2CCC2)CC1.CNC(=O)N1CCCC1C1CCN(C)CC1.CNC(=O)N1CCC[C@@H]1C1CCN(C)CC1.CNC(=O)N1CCC[C@H]1C1CCN(C)CC1. The number of nitrogens with one attached hydrogen (secondary N) is 8. The van der Waals surface area contributed by atoms with Gasteiger partial charge in [-0.3, -0.25) is 0 Å². The summed E-state index contributed by atoms with van der Waals surface area (Å²) in [5, 5.41) is 23.9. The summed E-state index contributed by atoms with van der Waals surface area (Å²) in [6.45, 7) is 35.5. The van der Waals surface area contributed by atoms with Crippen LogP contribution in [0.25, 0.3) is 0 Å². The van der Waals surface area contributed by atoms with Crippen molar-refractivity contribution in [3.8, 4) is 0 Å². The van der Waals surface area contributed by atoms with Gasteiger partial charge in [0.25, 0.3) is 0 Å². The second kappa shape index (κ2) is 56.7. The van der Waals surface area contributed by atoms with E-state index in [2.05, 4.69) is 184 Å². The normalized spacial score (nSPS) is 29.0. The summed E-state index contributed by atoms with van der Waals surface area (Å²) in [7, 11) is 22.7. The van der Waals surface area contributed by atoms with E-state index >= 15 is 0 Å². The second-order valence-corrected chi connectivity index (χ2v) is 47.1. The highest BCUT2D eigenvalue weighted by Gasteiger charge is 2.46. The first-order chi connectivity index (χ1) is 67.5. The van der Waals surface area contributed by atoms with Crippen molar-refractivity contribution >= 4 is 48.2 Å². The smallest absolute Gasteiger partial charge is 0.318 e. The predicted octanol–water partition coefficient (Wildman–Crippen LogP) is 13.0. The second-order valence-electron chi connectivity index (χ2n) is 47.1. The van der Waals surface area contributed by atoms with Crippen LogP contribution in [0.4, 0.5) is 38.4 Å². The van der Waals surface area contributed by atoms with Gasteiger partial charge in [0, 0.05) is 152 Å². The molecule has 3 aliphatic carbocycles. The zero-order valence-electron chi connectivity index (χ0n) is 90.9. The van der Waals surface area contributed by atoms with Crippen molar-refractivity contribution in [3.05, 3.63) is 0 Å². The Kier molecular flexibility index (Phi) is 45.6. The number of rotatable bonds is 13. The van der Waals surface area contributed by atoms with E-state index in [1.54, 1.807) is 21.1 Å². The molecule has 140 heavy (non-hydrogen) atoms. The molecular weight excluding hydrogens is 1760 g/mol. The Bertz CT molecular complexity index is 3490. The number of carbonyl (C=O) groups is 8. The molecule has 3 saturated carbocycles. The van der Waals surface area contributed by atoms with Crippen LogP contribution in [0.15, 0.2) is 0 Å². The van der Waals surface area contributed by atoms with Crippen LogP contribution in [0, 0.1) is 47.3 Å². The average Bonchev–Trinajstić information content (AvgIpc) is 1.52. The van der Waals surface area contributed by atoms with Crippen LogP contribution in [-0.2, 0) is 0 Å². The van der Waals surface area contributed by atoms with E-state index in [0.29, 0.717) is 72.3 Å². The zero-order chi connectivity index (χ0) is 99.9. The van der Waals surface area contributed by atoms with Gasteiger partial charge in [0.1, 0.15) is 0 Å². The summed E-state index contributed by atoms with van der Waals surface area (Å²) in [4.78, 5) is 132. The standard InChI is InChI=1S/C16H29N3O.C15H27N3O.C14H25N3O.C14H27N3O.C13H25N3O.3C12H23N3O/c1-16(8-4-9-16)17-15(20)19-10-3-5-14(19)13-6-11-18(2)12-7-13;1-17-10-7-12(8-11-17)14-6-3-9-18(14)15(19)16-13-4-2-5-13;1-16-9-6-11(7-10-16)13-3-2-8-17(13)14(18)15-12-4-5-12;1-11(2)15-14(18)17-8-4-5-13(17)12-6-9-16(3)10-7-12;1-3-14-13(17)16-8-4-5-12(16)11-6-9-15(2)10-7-11;3*1-13-12(16)15-7-3-4-11(15)10-5-8-14(2)9-6-10/h13-14H,3-12H2,1-2H3,(H,17,20);12-14H,2-11H2,1H3,(H,16,19);11-13H,2-10H2,1H3,(H,15,18);11-13H,4-10H2,1-3H3,(H,15,18);11-12H,3-10H2,1-2H3,(H,14,17);3*10-11H,3-9H2,1-2H3,(H,13,16)/t2*14-;2*13-;;2*11-;/m0000.10./s1. The van der Waals surface area contributed by atoms with Crippen LogP contribution in [-0.4, -0.2) is 440 Å². The predicted molar refractivity (Wildman–Crippen MR) is 564 cm³/mol. The zero-order valence-corrected chi connectivity index (χ0v) is 90.9. The summed E-state index contributed by atoms with van der Waals surface area (Å²) in [6, 6.07) is 6.41. The van der Waals surface area contributed by atoms with Crippen LogP contribution in [0.5, 0.6) is 0 Å². The van der Waals surface area contributed by atoms with E-state index in [4.69, 9.17) is 0 Å². The Hall–Kier alpha value is -6.16. The summed E-state index contributed by atoms with van der Waals surface area (Å²) >= 11 is 0. The molecule has 19 fully saturated rings. The Morgan fingerprint density at radius 2 is 0.443 bits per heavy atom. The molecule has 19 aliphatic rings. The number of piperidine rings is 8. The molecule has 32 nitrogen and oxygen atoms in total. The monoisotopic (exact) mass is 1960 g/mol. The molecule has 16 heterocycles. The van der Waals surface area contributed by atoms with Gasteiger partial charge in [-0.05, 0) is 493 Å². The minimum Gasteiger partial charge on any atom is -0.341 e. The van der Waals surface area contributed by atoms with Crippen molar-refractivity contribution in [2.45, 2.75) is 357 Å². The number of likely N-dealkylation sites (tertiary alicyclic amines) is 16. The third-order valence-electron chi connectivity index (χ3n) is 36.5. The van der Waals surface area contributed by atoms with Crippen LogP contribution < -0.4 is 42.5 Å². The first-order valence-corrected chi connectivity index (χ1v) is 57.3. The summed E-state index contributed by atoms with van der Waals surface area (Å²) < 4.78 is 0. The molecule has 2 unspecified atom stereocenters. The lowest BCUT2D eigenvalue weighted by atomic mass is 9.78. The molecule has 0 aromatic rings. The molecule has 0 bridgehead atoms. The molecule has 0 aromatic carbocycles. The number of hydrogen-bond donors (Lipinski definition) is 8. The molecule has 0 aromatic heterocycles. The van der Waals surface area contributed by atoms with Gasteiger partial charge in [0.15, 0.2) is 0 Å². The quantitative estimate of drug-likeness (QED) is 0.0851. The van der Waals surface area contributed by atoms with Gasteiger partial charge in [-0.2, -0.15) is 0 Å². The lowest BCUT2D eigenvalue weighted by Gasteiger charge is -2.42. The third-order valence-corrected chi connectivity index (χ3v) is 36.5. The molecule has 0 spiro atoms. The molecule has 16 saturated heterocycles. The van der Waals surface area contributed by atoms with E-state index < -0.39 is 0 Å². The van der Waals surface area contributed by atoms with Crippen molar-refractivity contribution < 1.29 is 38.4 Å². The largest absolute Gasteiger partial charge is 0.341 e. The topological polar surface area (TPSA) is 285 Å². The molecule has 16 amide bonds. The van der Waals surface area contributed by atoms with Crippen LogP contribution in [0.1, 0.15) is 285 Å². The van der Waals surface area contributed by atoms with E-state index in [9.17, 15) is 38.4 Å². The average molecular weight is 1960 g/mol. The molecule has 32 heteroatoms. The number of amides is 16. The Morgan fingerprint density at radius 1 is 0.243 bits per heavy atom. The van der Waals surface area contributed by atoms with Gasteiger partial charge in [-0.25, -0.2) is 38.4 Å². The molecule has 8 atom stereocenters. The Morgan fingerprint density at radius 3 is 0.621 bits per heavy atom. The summed E-state index contributed by atoms with van der Waals surface area (Å²) in [5.41, 5.74) is 0.0804. The minimum absolute atomic E-state index is 0.0804. The molecular formula is C108H202N24O8. The van der Waals surface area contributed by atoms with Crippen molar-refractivity contribution in [1.29, 1.82) is 0 Å². The van der Waals surface area contributed by atoms with Crippen molar-refractivity contribution in [2.24, 2.45) is 47.3 Å². The van der Waals surface area contributed by atoms with E-state index in [-0.39, 0.29) is 59.8 Å². The molecule has 8 N–H and O–H groups in total. The van der Waals surface area contributed by atoms with Gasteiger partial charge in [0.2, 0.25) is 0 Å². The minimum atomic E-state index is 0.0804. The number of hydrogen-bond acceptors (Lipinski definition) is 16. The molecule has 0 radical (unpaired) electrons. The molecule has 802 valence electrons. The fraction of sp³-hybridized carbons (Fsp3) is 0.926. The van der Waals surface area contributed by atoms with E-state index in [1.165, 1.54) is 349 Å². The van der Waals surface area contributed by atoms with Crippen molar-refractivity contribution in [1.82, 2.24) is 121 Å². The summed E-state index contributed by atoms with van der Waals surface area (Å²) in [6.07, 6.45) is 48.6. The maximum Gasteiger partial charge on any atom is 0.318 e. The fourth-order valence-electron chi connectivity index (χ4n) is 27.1. The third kappa shape index (κ3) is 33.2. The molecule has 16 aliphatic heterocycles. The fourth-order valence-corrected chi connectivity index (χ4v) is 27.1. The van der Waals surface area contributed by atoms with Crippen molar-refractivity contribution in [2.75, 3.05) is 241 Å². The maximum atomic E-state index is 12.6. The Labute approximate surface area is 848 Å². The van der Waals surface area contributed by atoms with Crippen molar-refractivity contribution in [3.63, 3.8) is 0 Å². The lowest BCUT2D eigenvalue weighted by Crippen LogP contribution is -2.57. The number of nitrogens with zero attached hydrogens (tertiary/aromatic N) is 16. The summed E-state index contributed by atoms with van der Waals surface area (Å²) in [5.74, 6) is 5.76. The highest BCUT2D eigenvalue weighted by atomic mass is 16.2. The number of carbonyl (C=O) groups excluding carboxylic acids is 8. The Balaban J connectivity index is 0.000000143. The number of urea groups is 8. The molecule has 19 rings (SSSR count). The highest BCUT2D eigenvalue weighted by Crippen LogP contribution is 2.41. The van der Waals surface area contributed by atoms with Gasteiger partial charge in [0.05, 0.1) is 0 Å². The highest BCUT2D eigenvalue weighted by molar-refractivity contribution is 5.78. The van der Waals surface area contributed by atoms with Crippen LogP contribution >= 0.6 is 0 Å². The van der Waals surface area contributed by atoms with E-state index in [0.717, 1.165) is 107 Å². The first kappa shape index (κ1) is 113. The first-order valence-electron chi connectivity index (χ1n) is 57.3. The van der Waals surface area contributed by atoms with Crippen LogP contribution in [0.3, 0.4) is 0 Å². The van der Waals surface area contributed by atoms with Gasteiger partial charge < -0.3 is 121 Å². The van der Waals surface area contributed by atoms with Gasteiger partial charge in [-0.1, -0.05) is 0 Å². The van der Waals surface area contributed by atoms with Gasteiger partial charge in [-0.15, -0.1) is 0 Å². The van der Waals surface area contributed by atoms with Gasteiger partial charge >= 0.3 is 48.2 Å². The van der Waals surface area contributed by atoms with Crippen LogP contribution in [0.2, 0.25) is 0 Å².